The van der Waals surface area contributed by atoms with Crippen molar-refractivity contribution in [3.05, 3.63) is 12.3 Å². The Morgan fingerprint density at radius 2 is 1.95 bits per heavy atom. The molecule has 1 aromatic rings. The normalized spacial score (nSPS) is 11.4. The highest BCUT2D eigenvalue weighted by Crippen LogP contribution is 2.22. The molecule has 0 amide bonds. The van der Waals surface area contributed by atoms with Crippen molar-refractivity contribution in [3.63, 3.8) is 0 Å². The summed E-state index contributed by atoms with van der Waals surface area (Å²) in [6.07, 6.45) is -1.63. The molecule has 0 aliphatic rings. The first kappa shape index (κ1) is 15.5. The van der Waals surface area contributed by atoms with Crippen LogP contribution in [0.25, 0.3) is 0 Å². The molecule has 0 aliphatic heterocycles. The lowest BCUT2D eigenvalue weighted by Gasteiger charge is -2.08. The van der Waals surface area contributed by atoms with Crippen molar-refractivity contribution in [3.8, 4) is 0 Å². The first-order valence-corrected chi connectivity index (χ1v) is 6.39. The monoisotopic (exact) mass is 276 g/mol. The maximum atomic E-state index is 11.9. The molecule has 4 nitrogen and oxygen atoms in total. The Morgan fingerprint density at radius 3 is 2.63 bits per heavy atom. The molecule has 0 aliphatic carbocycles. The van der Waals surface area contributed by atoms with Crippen LogP contribution in [0.4, 0.5) is 24.9 Å². The zero-order valence-corrected chi connectivity index (χ0v) is 10.9. The van der Waals surface area contributed by atoms with Crippen molar-refractivity contribution >= 4 is 11.8 Å². The maximum absolute atomic E-state index is 11.9. The zero-order valence-electron chi connectivity index (χ0n) is 10.9. The molecule has 0 saturated carbocycles. The lowest BCUT2D eigenvalue weighted by atomic mass is 10.2. The molecule has 1 rings (SSSR count). The number of unbranched alkanes of at least 4 members (excludes halogenated alkanes) is 1. The largest absolute Gasteiger partial charge is 0.389 e. The predicted molar refractivity (Wildman–Crippen MR) is 69.2 cm³/mol. The second-order valence-corrected chi connectivity index (χ2v) is 4.19. The topological polar surface area (TPSA) is 49.8 Å². The summed E-state index contributed by atoms with van der Waals surface area (Å²) in [5, 5.41) is 6.03. The van der Waals surface area contributed by atoms with E-state index >= 15 is 0 Å². The number of halogens is 3. The van der Waals surface area contributed by atoms with Gasteiger partial charge in [-0.1, -0.05) is 6.92 Å². The molecule has 2 N–H and O–H groups in total. The fourth-order valence-electron chi connectivity index (χ4n) is 1.45. The summed E-state index contributed by atoms with van der Waals surface area (Å²) in [4.78, 5) is 8.24. The lowest BCUT2D eigenvalue weighted by Crippen LogP contribution is -2.10. The Hall–Kier alpha value is -1.53. The third-order valence-electron chi connectivity index (χ3n) is 2.38. The number of hydrogen-bond donors (Lipinski definition) is 2. The molecule has 0 spiro atoms. The first-order valence-electron chi connectivity index (χ1n) is 6.39. The highest BCUT2D eigenvalue weighted by Gasteiger charge is 2.25. The van der Waals surface area contributed by atoms with Gasteiger partial charge in [0.1, 0.15) is 5.82 Å². The molecular weight excluding hydrogens is 257 g/mol. The summed E-state index contributed by atoms with van der Waals surface area (Å²) < 4.78 is 35.8. The highest BCUT2D eigenvalue weighted by atomic mass is 19.4. The molecule has 1 heterocycles. The smallest absolute Gasteiger partial charge is 0.370 e. The average molecular weight is 276 g/mol. The van der Waals surface area contributed by atoms with Crippen molar-refractivity contribution in [2.45, 2.75) is 38.8 Å². The van der Waals surface area contributed by atoms with Gasteiger partial charge in [-0.25, -0.2) is 4.98 Å². The quantitative estimate of drug-likeness (QED) is 0.714. The number of alkyl halides is 3. The number of rotatable bonds is 8. The van der Waals surface area contributed by atoms with E-state index in [9.17, 15) is 13.2 Å². The Bertz CT molecular complexity index is 368. The maximum Gasteiger partial charge on any atom is 0.389 e. The van der Waals surface area contributed by atoms with Crippen LogP contribution in [0.3, 0.4) is 0 Å². The van der Waals surface area contributed by atoms with Crippen molar-refractivity contribution in [2.75, 3.05) is 23.7 Å². The minimum atomic E-state index is -4.06. The van der Waals surface area contributed by atoms with E-state index in [0.717, 1.165) is 13.0 Å². The van der Waals surface area contributed by atoms with Crippen molar-refractivity contribution in [1.29, 1.82) is 0 Å². The Balaban J connectivity index is 2.25. The molecule has 19 heavy (non-hydrogen) atoms. The summed E-state index contributed by atoms with van der Waals surface area (Å²) in [5.74, 6) is 1.16. The number of aromatic nitrogens is 2. The van der Waals surface area contributed by atoms with Gasteiger partial charge >= 0.3 is 6.18 Å². The van der Waals surface area contributed by atoms with Gasteiger partial charge in [-0.05, 0) is 25.3 Å². The average Bonchev–Trinajstić information content (AvgIpc) is 2.35. The summed E-state index contributed by atoms with van der Waals surface area (Å²) in [5.41, 5.74) is 0. The van der Waals surface area contributed by atoms with E-state index < -0.39 is 12.6 Å². The highest BCUT2D eigenvalue weighted by molar-refractivity contribution is 5.39. The molecule has 0 radical (unpaired) electrons. The fraction of sp³-hybridized carbons (Fsp3) is 0.667. The van der Waals surface area contributed by atoms with Gasteiger partial charge in [0.25, 0.3) is 0 Å². The van der Waals surface area contributed by atoms with Gasteiger partial charge in [-0.3, -0.25) is 0 Å². The van der Waals surface area contributed by atoms with Crippen LogP contribution in [0.2, 0.25) is 0 Å². The minimum Gasteiger partial charge on any atom is -0.370 e. The van der Waals surface area contributed by atoms with Crippen LogP contribution in [-0.2, 0) is 0 Å². The molecule has 0 bridgehead atoms. The van der Waals surface area contributed by atoms with Crippen LogP contribution in [0, 0.1) is 0 Å². The number of hydrogen-bond acceptors (Lipinski definition) is 4. The van der Waals surface area contributed by atoms with Crippen LogP contribution in [0.1, 0.15) is 32.6 Å². The molecule has 108 valence electrons. The van der Waals surface area contributed by atoms with Crippen LogP contribution in [0.5, 0.6) is 0 Å². The van der Waals surface area contributed by atoms with Crippen LogP contribution in [0.15, 0.2) is 12.3 Å². The van der Waals surface area contributed by atoms with E-state index in [1.165, 1.54) is 0 Å². The van der Waals surface area contributed by atoms with Gasteiger partial charge in [-0.15, -0.1) is 0 Å². The Labute approximate surface area is 110 Å². The van der Waals surface area contributed by atoms with Crippen LogP contribution >= 0.6 is 0 Å². The van der Waals surface area contributed by atoms with Gasteiger partial charge in [0.05, 0.1) is 0 Å². The van der Waals surface area contributed by atoms with Gasteiger partial charge in [0, 0.05) is 25.7 Å². The Kier molecular flexibility index (Phi) is 6.38. The van der Waals surface area contributed by atoms with E-state index in [0.29, 0.717) is 24.7 Å². The summed E-state index contributed by atoms with van der Waals surface area (Å²) in [6.45, 7) is 3.30. The molecule has 0 fully saturated rings. The van der Waals surface area contributed by atoms with Crippen LogP contribution in [-0.4, -0.2) is 29.2 Å². The van der Waals surface area contributed by atoms with Gasteiger partial charge in [-0.2, -0.15) is 18.2 Å². The molecule has 1 aromatic heterocycles. The molecular formula is C12H19F3N4. The molecule has 0 saturated heterocycles. The van der Waals surface area contributed by atoms with E-state index in [1.807, 2.05) is 6.92 Å². The molecule has 0 aromatic carbocycles. The van der Waals surface area contributed by atoms with Crippen molar-refractivity contribution < 1.29 is 13.2 Å². The Morgan fingerprint density at radius 1 is 1.16 bits per heavy atom. The number of nitrogens with one attached hydrogen (secondary N) is 2. The lowest BCUT2D eigenvalue weighted by molar-refractivity contribution is -0.135. The SMILES string of the molecule is CCCNc1nccc(NCCCCC(F)(F)F)n1. The van der Waals surface area contributed by atoms with Crippen molar-refractivity contribution in [1.82, 2.24) is 9.97 Å². The zero-order chi connectivity index (χ0) is 14.1. The third-order valence-corrected chi connectivity index (χ3v) is 2.38. The predicted octanol–water partition coefficient (Wildman–Crippen LogP) is 3.44. The summed E-state index contributed by atoms with van der Waals surface area (Å²) in [7, 11) is 0. The second-order valence-electron chi connectivity index (χ2n) is 4.19. The minimum absolute atomic E-state index is 0.128. The first-order chi connectivity index (χ1) is 9.01. The summed E-state index contributed by atoms with van der Waals surface area (Å²) >= 11 is 0. The summed E-state index contributed by atoms with van der Waals surface area (Å²) in [6, 6.07) is 1.70. The number of anilines is 2. The second kappa shape index (κ2) is 7.81. The molecule has 0 atom stereocenters. The third kappa shape index (κ3) is 7.48. The fourth-order valence-corrected chi connectivity index (χ4v) is 1.45. The van der Waals surface area contributed by atoms with Gasteiger partial charge in [0.2, 0.25) is 5.95 Å². The van der Waals surface area contributed by atoms with Crippen molar-refractivity contribution in [2.24, 2.45) is 0 Å². The number of nitrogens with zero attached hydrogens (tertiary/aromatic N) is 2. The van der Waals surface area contributed by atoms with E-state index in [2.05, 4.69) is 20.6 Å². The molecule has 7 heteroatoms. The standard InChI is InChI=1S/C12H19F3N4/c1-2-7-17-11-18-9-5-10(19-11)16-8-4-3-6-12(13,14)15/h5,9H,2-4,6-8H2,1H3,(H2,16,17,18,19). The van der Waals surface area contributed by atoms with E-state index in [-0.39, 0.29) is 6.42 Å². The van der Waals surface area contributed by atoms with E-state index in [1.54, 1.807) is 12.3 Å². The van der Waals surface area contributed by atoms with Crippen LogP contribution < -0.4 is 10.6 Å². The van der Waals surface area contributed by atoms with Gasteiger partial charge in [0.15, 0.2) is 0 Å². The van der Waals surface area contributed by atoms with Gasteiger partial charge < -0.3 is 10.6 Å². The molecule has 0 unspecified atom stereocenters. The van der Waals surface area contributed by atoms with E-state index in [4.69, 9.17) is 0 Å².